The molecule has 2 fully saturated rings. The van der Waals surface area contributed by atoms with Crippen molar-refractivity contribution in [2.75, 3.05) is 39.4 Å². The Morgan fingerprint density at radius 1 is 0.950 bits per heavy atom. The fourth-order valence-corrected chi connectivity index (χ4v) is 2.67. The standard InChI is InChI=1S/C14H25N3O3/c1-12(13(18)16-8-10-20-11-9-16)15-14(19)17-6-4-2-3-5-7-17/h12H,2-11H2,1H3,(H,15,19). The first-order chi connectivity index (χ1) is 9.68. The molecule has 0 aromatic heterocycles. The van der Waals surface area contributed by atoms with Crippen LogP contribution < -0.4 is 5.32 Å². The van der Waals surface area contributed by atoms with E-state index < -0.39 is 6.04 Å². The monoisotopic (exact) mass is 283 g/mol. The summed E-state index contributed by atoms with van der Waals surface area (Å²) in [6, 6.07) is -0.579. The fourth-order valence-electron chi connectivity index (χ4n) is 2.67. The van der Waals surface area contributed by atoms with Crippen molar-refractivity contribution in [2.45, 2.75) is 38.6 Å². The molecule has 0 aromatic rings. The molecule has 3 amide bonds. The number of likely N-dealkylation sites (tertiary alicyclic amines) is 1. The topological polar surface area (TPSA) is 61.9 Å². The maximum absolute atomic E-state index is 12.2. The minimum absolute atomic E-state index is 0.0172. The minimum Gasteiger partial charge on any atom is -0.378 e. The third-order valence-corrected chi connectivity index (χ3v) is 3.93. The lowest BCUT2D eigenvalue weighted by atomic mass is 10.2. The average Bonchev–Trinajstić information content (AvgIpc) is 2.76. The molecule has 2 aliphatic rings. The Kier molecular flexibility index (Phi) is 5.64. The van der Waals surface area contributed by atoms with Crippen LogP contribution in [0.4, 0.5) is 4.79 Å². The van der Waals surface area contributed by atoms with Crippen LogP contribution in [0.25, 0.3) is 0 Å². The van der Waals surface area contributed by atoms with Crippen molar-refractivity contribution in [3.8, 4) is 0 Å². The molecule has 0 bridgehead atoms. The van der Waals surface area contributed by atoms with Gasteiger partial charge in [0, 0.05) is 26.2 Å². The molecule has 6 nitrogen and oxygen atoms in total. The molecular weight excluding hydrogens is 258 g/mol. The van der Waals surface area contributed by atoms with Gasteiger partial charge in [0.05, 0.1) is 13.2 Å². The highest BCUT2D eigenvalue weighted by Crippen LogP contribution is 2.10. The van der Waals surface area contributed by atoms with Gasteiger partial charge in [-0.05, 0) is 19.8 Å². The van der Waals surface area contributed by atoms with Crippen LogP contribution in [0.2, 0.25) is 0 Å². The molecule has 0 radical (unpaired) electrons. The molecule has 2 rings (SSSR count). The molecule has 0 saturated carbocycles. The second-order valence-electron chi connectivity index (χ2n) is 5.51. The van der Waals surface area contributed by atoms with Gasteiger partial charge in [-0.15, -0.1) is 0 Å². The van der Waals surface area contributed by atoms with Crippen LogP contribution in [-0.4, -0.2) is 67.2 Å². The number of carbonyl (C=O) groups excluding carboxylic acids is 2. The molecule has 1 N–H and O–H groups in total. The summed E-state index contributed by atoms with van der Waals surface area (Å²) in [5.41, 5.74) is 0. The van der Waals surface area contributed by atoms with Crippen LogP contribution >= 0.6 is 0 Å². The lowest BCUT2D eigenvalue weighted by Gasteiger charge is -2.30. The Morgan fingerprint density at radius 2 is 1.55 bits per heavy atom. The van der Waals surface area contributed by atoms with E-state index in [9.17, 15) is 9.59 Å². The van der Waals surface area contributed by atoms with Gasteiger partial charge in [0.25, 0.3) is 0 Å². The molecule has 2 heterocycles. The van der Waals surface area contributed by atoms with Gasteiger partial charge < -0.3 is 19.9 Å². The van der Waals surface area contributed by atoms with Crippen molar-refractivity contribution >= 4 is 11.9 Å². The van der Waals surface area contributed by atoms with Gasteiger partial charge in [-0.3, -0.25) is 4.79 Å². The molecule has 114 valence electrons. The van der Waals surface area contributed by atoms with Gasteiger partial charge in [-0.25, -0.2) is 4.79 Å². The highest BCUT2D eigenvalue weighted by Gasteiger charge is 2.25. The average molecular weight is 283 g/mol. The van der Waals surface area contributed by atoms with Crippen LogP contribution in [0, 0.1) is 0 Å². The number of nitrogens with one attached hydrogen (secondary N) is 1. The number of hydrogen-bond donors (Lipinski definition) is 1. The predicted molar refractivity (Wildman–Crippen MR) is 75.4 cm³/mol. The summed E-state index contributed by atoms with van der Waals surface area (Å²) in [6.45, 7) is 5.74. The zero-order valence-electron chi connectivity index (χ0n) is 12.3. The molecular formula is C14H25N3O3. The fraction of sp³-hybridized carbons (Fsp3) is 0.857. The lowest BCUT2D eigenvalue weighted by molar-refractivity contribution is -0.136. The summed E-state index contributed by atoms with van der Waals surface area (Å²) in [7, 11) is 0. The van der Waals surface area contributed by atoms with Crippen LogP contribution in [0.1, 0.15) is 32.6 Å². The zero-order valence-corrected chi connectivity index (χ0v) is 12.3. The normalized spacial score (nSPS) is 22.1. The number of amides is 3. The summed E-state index contributed by atoms with van der Waals surface area (Å²) in [5, 5.41) is 2.83. The van der Waals surface area contributed by atoms with E-state index in [4.69, 9.17) is 4.74 Å². The number of rotatable bonds is 2. The smallest absolute Gasteiger partial charge is 0.318 e. The number of urea groups is 1. The first-order valence-electron chi connectivity index (χ1n) is 7.60. The molecule has 0 spiro atoms. The number of ether oxygens (including phenoxy) is 1. The molecule has 2 saturated heterocycles. The van der Waals surface area contributed by atoms with Gasteiger partial charge in [-0.1, -0.05) is 12.8 Å². The van der Waals surface area contributed by atoms with Crippen molar-refractivity contribution in [1.82, 2.24) is 15.1 Å². The molecule has 0 aliphatic carbocycles. The zero-order chi connectivity index (χ0) is 14.4. The Hall–Kier alpha value is -1.30. The van der Waals surface area contributed by atoms with Gasteiger partial charge in [0.1, 0.15) is 6.04 Å². The summed E-state index contributed by atoms with van der Waals surface area (Å²) >= 11 is 0. The quantitative estimate of drug-likeness (QED) is 0.816. The third kappa shape index (κ3) is 4.10. The van der Waals surface area contributed by atoms with Gasteiger partial charge >= 0.3 is 6.03 Å². The lowest BCUT2D eigenvalue weighted by Crippen LogP contribution is -2.53. The Bertz CT molecular complexity index is 335. The van der Waals surface area contributed by atoms with Crippen LogP contribution in [-0.2, 0) is 9.53 Å². The molecule has 6 heteroatoms. The van der Waals surface area contributed by atoms with E-state index in [0.29, 0.717) is 26.3 Å². The third-order valence-electron chi connectivity index (χ3n) is 3.93. The first kappa shape index (κ1) is 15.1. The van der Waals surface area contributed by atoms with E-state index in [1.165, 1.54) is 12.8 Å². The van der Waals surface area contributed by atoms with Crippen LogP contribution in [0.5, 0.6) is 0 Å². The number of carbonyl (C=O) groups is 2. The summed E-state index contributed by atoms with van der Waals surface area (Å²) < 4.78 is 5.23. The van der Waals surface area contributed by atoms with Gasteiger partial charge in [0.2, 0.25) is 5.91 Å². The van der Waals surface area contributed by atoms with E-state index in [2.05, 4.69) is 5.32 Å². The van der Waals surface area contributed by atoms with Crippen LogP contribution in [0.15, 0.2) is 0 Å². The predicted octanol–water partition coefficient (Wildman–Crippen LogP) is 0.819. The SMILES string of the molecule is CC(NC(=O)N1CCCCCC1)C(=O)N1CCOCC1. The van der Waals surface area contributed by atoms with Crippen LogP contribution in [0.3, 0.4) is 0 Å². The molecule has 2 aliphatic heterocycles. The van der Waals surface area contributed by atoms with E-state index in [-0.39, 0.29) is 11.9 Å². The van der Waals surface area contributed by atoms with Gasteiger partial charge in [0.15, 0.2) is 0 Å². The van der Waals surface area contributed by atoms with Gasteiger partial charge in [-0.2, -0.15) is 0 Å². The highest BCUT2D eigenvalue weighted by molar-refractivity contribution is 5.86. The van der Waals surface area contributed by atoms with Crippen molar-refractivity contribution < 1.29 is 14.3 Å². The molecule has 20 heavy (non-hydrogen) atoms. The van der Waals surface area contributed by atoms with E-state index in [0.717, 1.165) is 25.9 Å². The number of morpholine rings is 1. The Morgan fingerprint density at radius 3 is 2.15 bits per heavy atom. The maximum atomic E-state index is 12.2. The maximum Gasteiger partial charge on any atom is 0.318 e. The molecule has 0 aromatic carbocycles. The highest BCUT2D eigenvalue weighted by atomic mass is 16.5. The molecule has 1 atom stereocenters. The summed E-state index contributed by atoms with van der Waals surface area (Å²) in [4.78, 5) is 28.0. The minimum atomic E-state index is -0.469. The number of nitrogens with zero attached hydrogens (tertiary/aromatic N) is 2. The van der Waals surface area contributed by atoms with E-state index in [1.807, 2.05) is 4.90 Å². The molecule has 1 unspecified atom stereocenters. The first-order valence-corrected chi connectivity index (χ1v) is 7.60. The largest absolute Gasteiger partial charge is 0.378 e. The Balaban J connectivity index is 1.81. The van der Waals surface area contributed by atoms with Crippen molar-refractivity contribution in [3.63, 3.8) is 0 Å². The number of hydrogen-bond acceptors (Lipinski definition) is 3. The van der Waals surface area contributed by atoms with Crippen molar-refractivity contribution in [1.29, 1.82) is 0 Å². The van der Waals surface area contributed by atoms with Crippen molar-refractivity contribution in [2.24, 2.45) is 0 Å². The summed E-state index contributed by atoms with van der Waals surface area (Å²) in [6.07, 6.45) is 4.48. The Labute approximate surface area is 120 Å². The summed E-state index contributed by atoms with van der Waals surface area (Å²) in [5.74, 6) is -0.0172. The second-order valence-corrected chi connectivity index (χ2v) is 5.51. The van der Waals surface area contributed by atoms with Crippen molar-refractivity contribution in [3.05, 3.63) is 0 Å². The second kappa shape index (κ2) is 7.47. The van der Waals surface area contributed by atoms with E-state index in [1.54, 1.807) is 11.8 Å². The van der Waals surface area contributed by atoms with E-state index >= 15 is 0 Å².